The molecular weight excluding hydrogens is 472 g/mol. The van der Waals surface area contributed by atoms with Crippen molar-refractivity contribution in [3.05, 3.63) is 52.5 Å². The normalized spacial score (nSPS) is 15.3. The van der Waals surface area contributed by atoms with Crippen molar-refractivity contribution in [1.29, 1.82) is 0 Å². The third kappa shape index (κ3) is 4.96. The monoisotopic (exact) mass is 496 g/mol. The molecule has 0 atom stereocenters. The van der Waals surface area contributed by atoms with Crippen LogP contribution < -0.4 is 9.47 Å². The van der Waals surface area contributed by atoms with Crippen LogP contribution in [-0.2, 0) is 10.0 Å². The van der Waals surface area contributed by atoms with E-state index in [4.69, 9.17) is 9.47 Å². The number of sulfonamides is 1. The number of carbonyl (C=O) groups excluding carboxylic acids is 1. The number of benzene rings is 2. The summed E-state index contributed by atoms with van der Waals surface area (Å²) in [4.78, 5) is 14.9. The first-order valence-corrected chi connectivity index (χ1v) is 11.9. The molecule has 7 nitrogen and oxygen atoms in total. The van der Waals surface area contributed by atoms with Crippen molar-refractivity contribution < 1.29 is 22.7 Å². The molecule has 0 spiro atoms. The van der Waals surface area contributed by atoms with Crippen molar-refractivity contribution >= 4 is 31.9 Å². The maximum absolute atomic E-state index is 13.1. The highest BCUT2D eigenvalue weighted by Crippen LogP contribution is 2.27. The topological polar surface area (TPSA) is 76.2 Å². The number of ether oxygens (including phenoxy) is 2. The molecule has 0 saturated carbocycles. The van der Waals surface area contributed by atoms with Gasteiger partial charge in [0.05, 0.1) is 23.7 Å². The molecule has 1 aliphatic heterocycles. The zero-order valence-corrected chi connectivity index (χ0v) is 19.6. The lowest BCUT2D eigenvalue weighted by Gasteiger charge is -2.34. The van der Waals surface area contributed by atoms with E-state index in [0.29, 0.717) is 30.2 Å². The molecule has 9 heteroatoms. The van der Waals surface area contributed by atoms with Gasteiger partial charge in [-0.1, -0.05) is 15.9 Å². The second-order valence-corrected chi connectivity index (χ2v) is 10.0. The summed E-state index contributed by atoms with van der Waals surface area (Å²) in [6.45, 7) is 4.89. The third-order valence-corrected chi connectivity index (χ3v) is 7.17. The highest BCUT2D eigenvalue weighted by atomic mass is 79.9. The summed E-state index contributed by atoms with van der Waals surface area (Å²) < 4.78 is 38.9. The van der Waals surface area contributed by atoms with Gasteiger partial charge in [-0.3, -0.25) is 4.79 Å². The van der Waals surface area contributed by atoms with E-state index in [1.54, 1.807) is 35.2 Å². The number of hydrogen-bond donors (Lipinski definition) is 0. The molecule has 0 N–H and O–H groups in total. The largest absolute Gasteiger partial charge is 0.497 e. The quantitative estimate of drug-likeness (QED) is 0.612. The maximum atomic E-state index is 13.1. The molecule has 30 heavy (non-hydrogen) atoms. The summed E-state index contributed by atoms with van der Waals surface area (Å²) in [6, 6.07) is 11.6. The first-order valence-electron chi connectivity index (χ1n) is 9.62. The fraction of sp³-hybridized carbons (Fsp3) is 0.381. The number of nitrogens with zero attached hydrogens (tertiary/aromatic N) is 2. The zero-order chi connectivity index (χ0) is 21.9. The number of rotatable bonds is 6. The van der Waals surface area contributed by atoms with Crippen molar-refractivity contribution in [3.63, 3.8) is 0 Å². The lowest BCUT2D eigenvalue weighted by Crippen LogP contribution is -2.50. The third-order valence-electron chi connectivity index (χ3n) is 4.76. The lowest BCUT2D eigenvalue weighted by molar-refractivity contribution is 0.0692. The van der Waals surface area contributed by atoms with Gasteiger partial charge in [0.15, 0.2) is 0 Å². The molecule has 162 valence electrons. The van der Waals surface area contributed by atoms with Gasteiger partial charge in [0.1, 0.15) is 11.5 Å². The molecule has 3 rings (SSSR count). The van der Waals surface area contributed by atoms with Crippen LogP contribution in [0, 0.1) is 0 Å². The minimum absolute atomic E-state index is 0.0719. The number of carbonyl (C=O) groups is 1. The standard InChI is InChI=1S/C21H25BrN2O5S/c1-15(2)29-20-14-16(22)4-9-19(20)21(25)23-10-12-24(13-11-23)30(26,27)18-7-5-17(28-3)6-8-18/h4-9,14-15H,10-13H2,1-3H3. The molecular formula is C21H25BrN2O5S. The molecule has 2 aromatic rings. The summed E-state index contributed by atoms with van der Waals surface area (Å²) >= 11 is 3.41. The summed E-state index contributed by atoms with van der Waals surface area (Å²) in [6.07, 6.45) is -0.0719. The van der Waals surface area contributed by atoms with E-state index in [0.717, 1.165) is 4.47 Å². The molecule has 0 bridgehead atoms. The predicted octanol–water partition coefficient (Wildman–Crippen LogP) is 3.39. The average molecular weight is 497 g/mol. The van der Waals surface area contributed by atoms with Gasteiger partial charge >= 0.3 is 0 Å². The molecule has 2 aromatic carbocycles. The summed E-state index contributed by atoms with van der Waals surface area (Å²) in [5, 5.41) is 0. The predicted molar refractivity (Wildman–Crippen MR) is 118 cm³/mol. The van der Waals surface area contributed by atoms with Crippen LogP contribution in [-0.4, -0.2) is 62.9 Å². The molecule has 1 saturated heterocycles. The molecule has 0 aliphatic carbocycles. The molecule has 1 heterocycles. The Morgan fingerprint density at radius 2 is 1.67 bits per heavy atom. The van der Waals surface area contributed by atoms with Gasteiger partial charge < -0.3 is 14.4 Å². The first kappa shape index (κ1) is 22.6. The van der Waals surface area contributed by atoms with Crippen LogP contribution in [0.1, 0.15) is 24.2 Å². The Hall–Kier alpha value is -2.10. The van der Waals surface area contributed by atoms with Crippen molar-refractivity contribution in [1.82, 2.24) is 9.21 Å². The minimum atomic E-state index is -3.62. The highest BCUT2D eigenvalue weighted by molar-refractivity contribution is 9.10. The van der Waals surface area contributed by atoms with E-state index >= 15 is 0 Å². The van der Waals surface area contributed by atoms with E-state index in [-0.39, 0.29) is 30.0 Å². The van der Waals surface area contributed by atoms with E-state index in [1.807, 2.05) is 13.8 Å². The lowest BCUT2D eigenvalue weighted by atomic mass is 10.1. The average Bonchev–Trinajstić information content (AvgIpc) is 2.73. The van der Waals surface area contributed by atoms with Crippen molar-refractivity contribution in [2.45, 2.75) is 24.8 Å². The van der Waals surface area contributed by atoms with E-state index in [1.165, 1.54) is 23.5 Å². The van der Waals surface area contributed by atoms with Gasteiger partial charge in [0, 0.05) is 30.7 Å². The van der Waals surface area contributed by atoms with Gasteiger partial charge in [0.25, 0.3) is 5.91 Å². The molecule has 0 radical (unpaired) electrons. The van der Waals surface area contributed by atoms with Crippen LogP contribution in [0.25, 0.3) is 0 Å². The van der Waals surface area contributed by atoms with Gasteiger partial charge in [0.2, 0.25) is 10.0 Å². The molecule has 0 unspecified atom stereocenters. The van der Waals surface area contributed by atoms with Gasteiger partial charge in [-0.05, 0) is 56.3 Å². The van der Waals surface area contributed by atoms with Crippen LogP contribution in [0.5, 0.6) is 11.5 Å². The summed E-state index contributed by atoms with van der Waals surface area (Å²) in [5.41, 5.74) is 0.471. The van der Waals surface area contributed by atoms with E-state index in [2.05, 4.69) is 15.9 Å². The van der Waals surface area contributed by atoms with Crippen LogP contribution in [0.3, 0.4) is 0 Å². The Morgan fingerprint density at radius 1 is 1.03 bits per heavy atom. The highest BCUT2D eigenvalue weighted by Gasteiger charge is 2.31. The number of piperazine rings is 1. The molecule has 1 amide bonds. The van der Waals surface area contributed by atoms with E-state index < -0.39 is 10.0 Å². The van der Waals surface area contributed by atoms with Gasteiger partial charge in [-0.25, -0.2) is 8.42 Å². The number of methoxy groups -OCH3 is 1. The van der Waals surface area contributed by atoms with Crippen molar-refractivity contribution in [2.75, 3.05) is 33.3 Å². The molecule has 1 fully saturated rings. The van der Waals surface area contributed by atoms with Crippen molar-refractivity contribution in [3.8, 4) is 11.5 Å². The minimum Gasteiger partial charge on any atom is -0.497 e. The van der Waals surface area contributed by atoms with Gasteiger partial charge in [-0.2, -0.15) is 4.31 Å². The SMILES string of the molecule is COc1ccc(S(=O)(=O)N2CCN(C(=O)c3ccc(Br)cc3OC(C)C)CC2)cc1. The molecule has 1 aliphatic rings. The Balaban J connectivity index is 1.71. The number of halogens is 1. The fourth-order valence-corrected chi connectivity index (χ4v) is 4.99. The van der Waals surface area contributed by atoms with Crippen LogP contribution in [0.15, 0.2) is 51.8 Å². The first-order chi connectivity index (χ1) is 14.2. The summed E-state index contributed by atoms with van der Waals surface area (Å²) in [7, 11) is -2.09. The Bertz CT molecular complexity index is 1000. The Kier molecular flexibility index (Phi) is 7.05. The van der Waals surface area contributed by atoms with E-state index in [9.17, 15) is 13.2 Å². The van der Waals surface area contributed by atoms with Crippen LogP contribution >= 0.6 is 15.9 Å². The zero-order valence-electron chi connectivity index (χ0n) is 17.2. The number of hydrogen-bond acceptors (Lipinski definition) is 5. The smallest absolute Gasteiger partial charge is 0.257 e. The van der Waals surface area contributed by atoms with Crippen LogP contribution in [0.2, 0.25) is 0 Å². The van der Waals surface area contributed by atoms with Crippen LogP contribution in [0.4, 0.5) is 0 Å². The Morgan fingerprint density at radius 3 is 2.23 bits per heavy atom. The second-order valence-electron chi connectivity index (χ2n) is 7.18. The van der Waals surface area contributed by atoms with Gasteiger partial charge in [-0.15, -0.1) is 0 Å². The second kappa shape index (κ2) is 9.36. The fourth-order valence-electron chi connectivity index (χ4n) is 3.22. The molecule has 0 aromatic heterocycles. The Labute approximate surface area is 185 Å². The summed E-state index contributed by atoms with van der Waals surface area (Å²) in [5.74, 6) is 0.940. The number of amides is 1. The van der Waals surface area contributed by atoms with Crippen molar-refractivity contribution in [2.24, 2.45) is 0 Å². The maximum Gasteiger partial charge on any atom is 0.257 e.